The van der Waals surface area contributed by atoms with Gasteiger partial charge < -0.3 is 15.5 Å². The summed E-state index contributed by atoms with van der Waals surface area (Å²) in [6.07, 6.45) is 0. The standard InChI is InChI=1S/C24H19BrClFN4O/c25-17-3-8-22(16(11-17)13-28)31-10-9-30(14-23(31)15-1-4-18(26)5-2-15)24(32)20-7-6-19(27)12-21(20)29/h1-8,11-12,23H,9-10,14,29H2. The van der Waals surface area contributed by atoms with Crippen LogP contribution in [-0.4, -0.2) is 30.4 Å². The highest BCUT2D eigenvalue weighted by Crippen LogP contribution is 2.35. The molecule has 1 amide bonds. The first-order chi connectivity index (χ1) is 15.4. The number of benzene rings is 3. The lowest BCUT2D eigenvalue weighted by molar-refractivity contribution is 0.0723. The van der Waals surface area contributed by atoms with Crippen LogP contribution in [0, 0.1) is 17.1 Å². The van der Waals surface area contributed by atoms with Crippen molar-refractivity contribution in [2.45, 2.75) is 6.04 Å². The van der Waals surface area contributed by atoms with E-state index < -0.39 is 5.82 Å². The third kappa shape index (κ3) is 4.43. The van der Waals surface area contributed by atoms with E-state index in [-0.39, 0.29) is 23.2 Å². The molecule has 1 heterocycles. The lowest BCUT2D eigenvalue weighted by Gasteiger charge is -2.43. The minimum atomic E-state index is -0.484. The van der Waals surface area contributed by atoms with E-state index in [2.05, 4.69) is 26.9 Å². The summed E-state index contributed by atoms with van der Waals surface area (Å²) in [5.74, 6) is -0.736. The fraction of sp³-hybridized carbons (Fsp3) is 0.167. The van der Waals surface area contributed by atoms with Crippen LogP contribution in [0.25, 0.3) is 0 Å². The summed E-state index contributed by atoms with van der Waals surface area (Å²) < 4.78 is 14.3. The number of hydrogen-bond donors (Lipinski definition) is 1. The Kier molecular flexibility index (Phi) is 6.35. The molecule has 32 heavy (non-hydrogen) atoms. The van der Waals surface area contributed by atoms with Gasteiger partial charge in [0, 0.05) is 34.8 Å². The molecule has 4 rings (SSSR count). The summed E-state index contributed by atoms with van der Waals surface area (Å²) >= 11 is 9.51. The molecule has 1 fully saturated rings. The van der Waals surface area contributed by atoms with Crippen LogP contribution in [0.4, 0.5) is 15.8 Å². The van der Waals surface area contributed by atoms with E-state index in [0.717, 1.165) is 21.8 Å². The average molecular weight is 514 g/mol. The van der Waals surface area contributed by atoms with Crippen molar-refractivity contribution in [1.82, 2.24) is 4.90 Å². The maximum atomic E-state index is 13.5. The van der Waals surface area contributed by atoms with Crippen LogP contribution in [0.5, 0.6) is 0 Å². The molecule has 0 radical (unpaired) electrons. The first kappa shape index (κ1) is 22.1. The normalized spacial score (nSPS) is 16.0. The van der Waals surface area contributed by atoms with Crippen molar-refractivity contribution in [3.05, 3.63) is 92.7 Å². The third-order valence-corrected chi connectivity index (χ3v) is 6.30. The molecular weight excluding hydrogens is 495 g/mol. The molecule has 0 bridgehead atoms. The Morgan fingerprint density at radius 2 is 1.88 bits per heavy atom. The number of nitriles is 1. The number of piperazine rings is 1. The highest BCUT2D eigenvalue weighted by Gasteiger charge is 2.33. The van der Waals surface area contributed by atoms with Crippen LogP contribution in [0.3, 0.4) is 0 Å². The number of nitrogens with two attached hydrogens (primary N) is 1. The summed E-state index contributed by atoms with van der Waals surface area (Å²) in [5.41, 5.74) is 8.60. The Morgan fingerprint density at radius 3 is 2.56 bits per heavy atom. The first-order valence-electron chi connectivity index (χ1n) is 9.93. The summed E-state index contributed by atoms with van der Waals surface area (Å²) in [6, 6.07) is 18.9. The molecule has 1 aliphatic rings. The van der Waals surface area contributed by atoms with Gasteiger partial charge in [0.25, 0.3) is 5.91 Å². The van der Waals surface area contributed by atoms with Crippen LogP contribution in [-0.2, 0) is 0 Å². The van der Waals surface area contributed by atoms with Gasteiger partial charge in [-0.1, -0.05) is 39.7 Å². The van der Waals surface area contributed by atoms with Gasteiger partial charge in [-0.15, -0.1) is 0 Å². The van der Waals surface area contributed by atoms with Gasteiger partial charge in [-0.05, 0) is 54.1 Å². The van der Waals surface area contributed by atoms with E-state index in [0.29, 0.717) is 30.2 Å². The number of halogens is 3. The van der Waals surface area contributed by atoms with Crippen molar-refractivity contribution in [2.75, 3.05) is 30.3 Å². The van der Waals surface area contributed by atoms with Gasteiger partial charge in [0.15, 0.2) is 0 Å². The number of amides is 1. The molecule has 3 aromatic carbocycles. The number of carbonyl (C=O) groups excluding carboxylic acids is 1. The van der Waals surface area contributed by atoms with Crippen molar-refractivity contribution < 1.29 is 9.18 Å². The first-order valence-corrected chi connectivity index (χ1v) is 11.1. The van der Waals surface area contributed by atoms with Crippen LogP contribution >= 0.6 is 27.5 Å². The summed E-state index contributed by atoms with van der Waals surface area (Å²) in [7, 11) is 0. The van der Waals surface area contributed by atoms with Gasteiger partial charge in [0.1, 0.15) is 11.9 Å². The Balaban J connectivity index is 1.71. The largest absolute Gasteiger partial charge is 0.398 e. The quantitative estimate of drug-likeness (QED) is 0.476. The van der Waals surface area contributed by atoms with E-state index in [9.17, 15) is 14.4 Å². The maximum Gasteiger partial charge on any atom is 0.256 e. The zero-order valence-electron chi connectivity index (χ0n) is 16.9. The van der Waals surface area contributed by atoms with Crippen molar-refractivity contribution in [3.63, 3.8) is 0 Å². The number of anilines is 2. The molecule has 5 nitrogen and oxygen atoms in total. The molecule has 0 aliphatic carbocycles. The third-order valence-electron chi connectivity index (χ3n) is 5.55. The summed E-state index contributed by atoms with van der Waals surface area (Å²) in [5, 5.41) is 10.3. The lowest BCUT2D eigenvalue weighted by atomic mass is 9.99. The number of nitrogens with zero attached hydrogens (tertiary/aromatic N) is 3. The number of carbonyl (C=O) groups is 1. The molecule has 3 aromatic rings. The van der Waals surface area contributed by atoms with Gasteiger partial charge in [0.2, 0.25) is 0 Å². The van der Waals surface area contributed by atoms with Gasteiger partial charge in [0.05, 0.1) is 22.9 Å². The molecule has 162 valence electrons. The summed E-state index contributed by atoms with van der Waals surface area (Å²) in [6.45, 7) is 1.31. The number of rotatable bonds is 3. The number of hydrogen-bond acceptors (Lipinski definition) is 4. The van der Waals surface area contributed by atoms with E-state index in [1.54, 1.807) is 23.1 Å². The molecule has 1 unspecified atom stereocenters. The van der Waals surface area contributed by atoms with Crippen LogP contribution in [0.15, 0.2) is 65.1 Å². The monoisotopic (exact) mass is 512 g/mol. The Bertz CT molecular complexity index is 1210. The van der Waals surface area contributed by atoms with Crippen molar-refractivity contribution in [1.29, 1.82) is 5.26 Å². The zero-order chi connectivity index (χ0) is 22.8. The highest BCUT2D eigenvalue weighted by molar-refractivity contribution is 9.10. The minimum Gasteiger partial charge on any atom is -0.398 e. The second kappa shape index (κ2) is 9.19. The van der Waals surface area contributed by atoms with Gasteiger partial charge in [-0.3, -0.25) is 4.79 Å². The molecule has 2 N–H and O–H groups in total. The smallest absolute Gasteiger partial charge is 0.256 e. The van der Waals surface area contributed by atoms with Crippen molar-refractivity contribution in [3.8, 4) is 6.07 Å². The summed E-state index contributed by atoms with van der Waals surface area (Å²) in [4.78, 5) is 17.0. The second-order valence-electron chi connectivity index (χ2n) is 7.52. The molecule has 0 aromatic heterocycles. The van der Waals surface area contributed by atoms with Crippen LogP contribution in [0.2, 0.25) is 5.02 Å². The van der Waals surface area contributed by atoms with Crippen molar-refractivity contribution in [2.24, 2.45) is 0 Å². The molecule has 1 saturated heterocycles. The van der Waals surface area contributed by atoms with E-state index in [4.69, 9.17) is 17.3 Å². The predicted octanol–water partition coefficient (Wildman–Crippen LogP) is 5.40. The Morgan fingerprint density at radius 1 is 1.12 bits per heavy atom. The molecule has 8 heteroatoms. The van der Waals surface area contributed by atoms with Crippen LogP contribution < -0.4 is 10.6 Å². The van der Waals surface area contributed by atoms with Gasteiger partial charge in [-0.25, -0.2) is 4.39 Å². The fourth-order valence-electron chi connectivity index (χ4n) is 3.97. The van der Waals surface area contributed by atoms with Crippen molar-refractivity contribution >= 4 is 44.8 Å². The van der Waals surface area contributed by atoms with E-state index in [1.807, 2.05) is 24.3 Å². The van der Waals surface area contributed by atoms with E-state index >= 15 is 0 Å². The Hall–Kier alpha value is -3.08. The van der Waals surface area contributed by atoms with E-state index in [1.165, 1.54) is 12.1 Å². The lowest BCUT2D eigenvalue weighted by Crippen LogP contribution is -2.51. The highest BCUT2D eigenvalue weighted by atomic mass is 79.9. The molecule has 1 aliphatic heterocycles. The van der Waals surface area contributed by atoms with Crippen LogP contribution in [0.1, 0.15) is 27.5 Å². The molecule has 0 saturated carbocycles. The number of nitrogen functional groups attached to an aromatic ring is 1. The maximum absolute atomic E-state index is 13.5. The Labute approximate surface area is 198 Å². The zero-order valence-corrected chi connectivity index (χ0v) is 19.3. The second-order valence-corrected chi connectivity index (χ2v) is 8.87. The topological polar surface area (TPSA) is 73.4 Å². The molecule has 0 spiro atoms. The molecular formula is C24H19BrClFN4O. The average Bonchev–Trinajstić information content (AvgIpc) is 2.79. The fourth-order valence-corrected chi connectivity index (χ4v) is 4.46. The van der Waals surface area contributed by atoms with Gasteiger partial charge in [-0.2, -0.15) is 5.26 Å². The minimum absolute atomic E-state index is 0.111. The predicted molar refractivity (Wildman–Crippen MR) is 127 cm³/mol. The molecule has 1 atom stereocenters. The SMILES string of the molecule is N#Cc1cc(Br)ccc1N1CCN(C(=O)c2ccc(F)cc2N)CC1c1ccc(Cl)cc1. The van der Waals surface area contributed by atoms with Gasteiger partial charge >= 0.3 is 0 Å².